The zero-order valence-corrected chi connectivity index (χ0v) is 14.0. The van der Waals surface area contributed by atoms with E-state index in [4.69, 9.17) is 0 Å². The summed E-state index contributed by atoms with van der Waals surface area (Å²) < 4.78 is 3.87. The molecule has 7 nitrogen and oxygen atoms in total. The highest BCUT2D eigenvalue weighted by Crippen LogP contribution is 2.15. The summed E-state index contributed by atoms with van der Waals surface area (Å²) in [4.78, 5) is 28.7. The molecule has 0 aromatic carbocycles. The number of carbonyl (C=O) groups excluding carboxylic acids is 2. The highest BCUT2D eigenvalue weighted by molar-refractivity contribution is 7.08. The maximum atomic E-state index is 12.5. The van der Waals surface area contributed by atoms with Gasteiger partial charge in [-0.15, -0.1) is 5.10 Å². The number of hydrogen-bond acceptors (Lipinski definition) is 6. The third-order valence-corrected chi connectivity index (χ3v) is 4.44. The smallest absolute Gasteiger partial charge is 0.267 e. The molecular formula is C14H23N5O2S. The molecule has 2 amide bonds. The Balaban J connectivity index is 1.82. The van der Waals surface area contributed by atoms with E-state index in [2.05, 4.69) is 19.8 Å². The van der Waals surface area contributed by atoms with E-state index in [1.54, 1.807) is 0 Å². The summed E-state index contributed by atoms with van der Waals surface area (Å²) in [5, 5.41) is 6.87. The van der Waals surface area contributed by atoms with Crippen molar-refractivity contribution in [3.63, 3.8) is 0 Å². The lowest BCUT2D eigenvalue weighted by atomic mass is 10.2. The van der Waals surface area contributed by atoms with Gasteiger partial charge in [0.1, 0.15) is 4.88 Å². The number of nitrogens with one attached hydrogen (secondary N) is 1. The summed E-state index contributed by atoms with van der Waals surface area (Å²) in [6.07, 6.45) is 1.66. The molecule has 122 valence electrons. The van der Waals surface area contributed by atoms with Crippen LogP contribution in [0.15, 0.2) is 0 Å². The van der Waals surface area contributed by atoms with Crippen molar-refractivity contribution in [2.24, 2.45) is 0 Å². The number of amides is 2. The largest absolute Gasteiger partial charge is 0.355 e. The van der Waals surface area contributed by atoms with Crippen LogP contribution in [0.2, 0.25) is 0 Å². The molecule has 0 saturated carbocycles. The Hall–Kier alpha value is -1.54. The average molecular weight is 325 g/mol. The standard InChI is InChI=1S/C14H23N5O2S/c1-3-5-15-12(20)10-18-6-8-19(9-7-18)14(21)13-11(4-2)16-17-22-13/h3-10H2,1-2H3,(H,15,20). The number of aromatic nitrogens is 2. The van der Waals surface area contributed by atoms with E-state index in [-0.39, 0.29) is 11.8 Å². The molecule has 1 aliphatic rings. The van der Waals surface area contributed by atoms with Gasteiger partial charge in [0.2, 0.25) is 5.91 Å². The van der Waals surface area contributed by atoms with Crippen LogP contribution in [-0.4, -0.2) is 70.5 Å². The Morgan fingerprint density at radius 1 is 1.23 bits per heavy atom. The SMILES string of the molecule is CCCNC(=O)CN1CCN(C(=O)c2snnc2CC)CC1. The van der Waals surface area contributed by atoms with Crippen LogP contribution in [0.4, 0.5) is 0 Å². The number of nitrogens with zero attached hydrogens (tertiary/aromatic N) is 4. The van der Waals surface area contributed by atoms with Crippen LogP contribution in [-0.2, 0) is 11.2 Å². The van der Waals surface area contributed by atoms with Gasteiger partial charge >= 0.3 is 0 Å². The summed E-state index contributed by atoms with van der Waals surface area (Å²) in [5.41, 5.74) is 0.774. The second kappa shape index (κ2) is 8.19. The maximum absolute atomic E-state index is 12.5. The number of carbonyl (C=O) groups is 2. The second-order valence-electron chi connectivity index (χ2n) is 5.32. The molecule has 0 radical (unpaired) electrons. The molecular weight excluding hydrogens is 302 g/mol. The zero-order valence-electron chi connectivity index (χ0n) is 13.2. The molecule has 8 heteroatoms. The minimum atomic E-state index is 0.0157. The van der Waals surface area contributed by atoms with E-state index < -0.39 is 0 Å². The Kier molecular flexibility index (Phi) is 6.26. The van der Waals surface area contributed by atoms with E-state index in [1.807, 2.05) is 18.7 Å². The van der Waals surface area contributed by atoms with Crippen molar-refractivity contribution in [3.05, 3.63) is 10.6 Å². The lowest BCUT2D eigenvalue weighted by Gasteiger charge is -2.34. The fourth-order valence-electron chi connectivity index (χ4n) is 2.38. The molecule has 22 heavy (non-hydrogen) atoms. The normalized spacial score (nSPS) is 15.8. The molecule has 0 aliphatic carbocycles. The highest BCUT2D eigenvalue weighted by atomic mass is 32.1. The lowest BCUT2D eigenvalue weighted by Crippen LogP contribution is -2.51. The number of rotatable bonds is 6. The van der Waals surface area contributed by atoms with Gasteiger partial charge in [0.25, 0.3) is 5.91 Å². The summed E-state index contributed by atoms with van der Waals surface area (Å²) >= 11 is 1.17. The molecule has 2 rings (SSSR count). The molecule has 1 fully saturated rings. The third-order valence-electron chi connectivity index (χ3n) is 3.68. The highest BCUT2D eigenvalue weighted by Gasteiger charge is 2.26. The van der Waals surface area contributed by atoms with Gasteiger partial charge in [0, 0.05) is 32.7 Å². The first-order chi connectivity index (χ1) is 10.7. The van der Waals surface area contributed by atoms with E-state index in [9.17, 15) is 9.59 Å². The van der Waals surface area contributed by atoms with Gasteiger partial charge in [0.15, 0.2) is 0 Å². The quantitative estimate of drug-likeness (QED) is 0.818. The number of hydrogen-bond donors (Lipinski definition) is 1. The van der Waals surface area contributed by atoms with Crippen LogP contribution in [0.3, 0.4) is 0 Å². The summed E-state index contributed by atoms with van der Waals surface area (Å²) in [6.45, 7) is 7.85. The van der Waals surface area contributed by atoms with Crippen LogP contribution in [0.1, 0.15) is 35.6 Å². The van der Waals surface area contributed by atoms with E-state index in [0.29, 0.717) is 24.5 Å². The van der Waals surface area contributed by atoms with Crippen molar-refractivity contribution in [1.82, 2.24) is 24.7 Å². The van der Waals surface area contributed by atoms with Crippen LogP contribution in [0.25, 0.3) is 0 Å². The van der Waals surface area contributed by atoms with E-state index >= 15 is 0 Å². The van der Waals surface area contributed by atoms with E-state index in [0.717, 1.165) is 38.2 Å². The van der Waals surface area contributed by atoms with Gasteiger partial charge in [-0.3, -0.25) is 14.5 Å². The predicted molar refractivity (Wildman–Crippen MR) is 84.9 cm³/mol. The Bertz CT molecular complexity index is 511. The number of piperazine rings is 1. The van der Waals surface area contributed by atoms with Crippen molar-refractivity contribution in [2.75, 3.05) is 39.3 Å². The van der Waals surface area contributed by atoms with Crippen LogP contribution in [0.5, 0.6) is 0 Å². The minimum absolute atomic E-state index is 0.0157. The molecule has 1 aromatic heterocycles. The van der Waals surface area contributed by atoms with Crippen LogP contribution in [0, 0.1) is 0 Å². The van der Waals surface area contributed by atoms with Gasteiger partial charge in [-0.25, -0.2) is 0 Å². The summed E-state index contributed by atoms with van der Waals surface area (Å²) in [7, 11) is 0. The van der Waals surface area contributed by atoms with E-state index in [1.165, 1.54) is 11.5 Å². The Morgan fingerprint density at radius 3 is 2.59 bits per heavy atom. The summed E-state index contributed by atoms with van der Waals surface area (Å²) in [5.74, 6) is 0.0727. The lowest BCUT2D eigenvalue weighted by molar-refractivity contribution is -0.122. The van der Waals surface area contributed by atoms with Crippen molar-refractivity contribution < 1.29 is 9.59 Å². The fourth-order valence-corrected chi connectivity index (χ4v) is 3.10. The van der Waals surface area contributed by atoms with Gasteiger partial charge < -0.3 is 10.2 Å². The predicted octanol–water partition coefficient (Wildman–Crippen LogP) is 0.385. The molecule has 1 aromatic rings. The molecule has 0 atom stereocenters. The first-order valence-corrected chi connectivity index (χ1v) is 8.52. The monoisotopic (exact) mass is 325 g/mol. The van der Waals surface area contributed by atoms with Crippen LogP contribution >= 0.6 is 11.5 Å². The topological polar surface area (TPSA) is 78.4 Å². The molecule has 2 heterocycles. The van der Waals surface area contributed by atoms with Crippen molar-refractivity contribution >= 4 is 23.3 Å². The van der Waals surface area contributed by atoms with Gasteiger partial charge in [0.05, 0.1) is 12.2 Å². The molecule has 1 aliphatic heterocycles. The van der Waals surface area contributed by atoms with Crippen molar-refractivity contribution in [2.45, 2.75) is 26.7 Å². The first-order valence-electron chi connectivity index (χ1n) is 7.75. The van der Waals surface area contributed by atoms with Gasteiger partial charge in [-0.2, -0.15) is 0 Å². The molecule has 1 N–H and O–H groups in total. The van der Waals surface area contributed by atoms with Crippen LogP contribution < -0.4 is 5.32 Å². The Morgan fingerprint density at radius 2 is 1.95 bits per heavy atom. The number of aryl methyl sites for hydroxylation is 1. The maximum Gasteiger partial charge on any atom is 0.267 e. The zero-order chi connectivity index (χ0) is 15.9. The van der Waals surface area contributed by atoms with Gasteiger partial charge in [-0.05, 0) is 24.4 Å². The van der Waals surface area contributed by atoms with Crippen molar-refractivity contribution in [1.29, 1.82) is 0 Å². The van der Waals surface area contributed by atoms with Crippen molar-refractivity contribution in [3.8, 4) is 0 Å². The summed E-state index contributed by atoms with van der Waals surface area (Å²) in [6, 6.07) is 0. The Labute approximate surface area is 134 Å². The minimum Gasteiger partial charge on any atom is -0.355 e. The third kappa shape index (κ3) is 4.23. The second-order valence-corrected chi connectivity index (χ2v) is 6.07. The average Bonchev–Trinajstić information content (AvgIpc) is 3.01. The van der Waals surface area contributed by atoms with Gasteiger partial charge in [-0.1, -0.05) is 18.3 Å². The molecule has 0 unspecified atom stereocenters. The first kappa shape index (κ1) is 16.8. The molecule has 0 bridgehead atoms. The molecule has 0 spiro atoms. The molecule has 1 saturated heterocycles. The fraction of sp³-hybridized carbons (Fsp3) is 0.714.